The second-order valence-electron chi connectivity index (χ2n) is 6.85. The smallest absolute Gasteiger partial charge is 0.269 e. The molecule has 2 aromatic carbocycles. The first-order valence-electron chi connectivity index (χ1n) is 9.16. The lowest BCUT2D eigenvalue weighted by atomic mass is 10.1. The summed E-state index contributed by atoms with van der Waals surface area (Å²) in [5.41, 5.74) is 1.64. The van der Waals surface area contributed by atoms with E-state index < -0.39 is 4.92 Å². The molecule has 0 aliphatic carbocycles. The molecule has 0 radical (unpaired) electrons. The second-order valence-corrected chi connectivity index (χ2v) is 7.26. The molecule has 2 amide bonds. The third-order valence-electron chi connectivity index (χ3n) is 4.83. The van der Waals surface area contributed by atoms with Crippen LogP contribution in [-0.4, -0.2) is 59.3 Å². The van der Waals surface area contributed by atoms with E-state index >= 15 is 0 Å². The zero-order chi connectivity index (χ0) is 21.0. The highest BCUT2D eigenvalue weighted by atomic mass is 35.5. The van der Waals surface area contributed by atoms with Gasteiger partial charge >= 0.3 is 0 Å². The maximum Gasteiger partial charge on any atom is 0.269 e. The molecule has 0 aromatic heterocycles. The summed E-state index contributed by atoms with van der Waals surface area (Å²) in [4.78, 5) is 39.0. The van der Waals surface area contributed by atoms with Gasteiger partial charge in [-0.2, -0.15) is 0 Å². The molecule has 0 atom stereocenters. The summed E-state index contributed by atoms with van der Waals surface area (Å²) in [7, 11) is 0. The molecule has 0 unspecified atom stereocenters. The maximum absolute atomic E-state index is 12.6. The van der Waals surface area contributed by atoms with Crippen molar-refractivity contribution in [3.63, 3.8) is 0 Å². The van der Waals surface area contributed by atoms with E-state index in [2.05, 4.69) is 5.32 Å². The van der Waals surface area contributed by atoms with E-state index in [0.717, 1.165) is 0 Å². The highest BCUT2D eigenvalue weighted by molar-refractivity contribution is 6.33. The molecular weight excluding hydrogens is 396 g/mol. The van der Waals surface area contributed by atoms with Crippen LogP contribution in [0, 0.1) is 17.0 Å². The number of nitro groups is 1. The summed E-state index contributed by atoms with van der Waals surface area (Å²) < 4.78 is 0. The van der Waals surface area contributed by atoms with E-state index in [1.54, 1.807) is 36.1 Å². The summed E-state index contributed by atoms with van der Waals surface area (Å²) >= 11 is 6.10. The van der Waals surface area contributed by atoms with E-state index in [9.17, 15) is 19.7 Å². The van der Waals surface area contributed by atoms with Crippen molar-refractivity contribution in [3.8, 4) is 0 Å². The average Bonchev–Trinajstić information content (AvgIpc) is 2.70. The summed E-state index contributed by atoms with van der Waals surface area (Å²) in [5, 5.41) is 14.0. The number of halogens is 1. The Morgan fingerprint density at radius 2 is 1.83 bits per heavy atom. The first-order chi connectivity index (χ1) is 13.8. The minimum atomic E-state index is -0.470. The standard InChI is InChI=1S/C20H21ClN4O4/c1-14-12-15(25(28)29)6-7-18(14)22-19(26)13-23-8-10-24(11-9-23)20(27)16-4-2-3-5-17(16)21/h2-7,12H,8-11,13H2,1H3,(H,22,26). The van der Waals surface area contributed by atoms with Gasteiger partial charge in [-0.1, -0.05) is 23.7 Å². The lowest BCUT2D eigenvalue weighted by molar-refractivity contribution is -0.384. The molecule has 152 valence electrons. The number of rotatable bonds is 5. The summed E-state index contributed by atoms with van der Waals surface area (Å²) in [6.07, 6.45) is 0. The number of amides is 2. The molecule has 8 nitrogen and oxygen atoms in total. The number of carbonyl (C=O) groups is 2. The van der Waals surface area contributed by atoms with Gasteiger partial charge in [0.05, 0.1) is 22.1 Å². The number of hydrogen-bond donors (Lipinski definition) is 1. The molecule has 1 aliphatic heterocycles. The van der Waals surface area contributed by atoms with Crippen LogP contribution in [0.5, 0.6) is 0 Å². The maximum atomic E-state index is 12.6. The average molecular weight is 417 g/mol. The molecule has 0 bridgehead atoms. The number of benzene rings is 2. The number of hydrogen-bond acceptors (Lipinski definition) is 5. The summed E-state index contributed by atoms with van der Waals surface area (Å²) in [6, 6.07) is 11.3. The fraction of sp³-hybridized carbons (Fsp3) is 0.300. The number of nitrogens with zero attached hydrogens (tertiary/aromatic N) is 3. The Labute approximate surface area is 173 Å². The van der Waals surface area contributed by atoms with Gasteiger partial charge in [-0.05, 0) is 30.7 Å². The van der Waals surface area contributed by atoms with Crippen LogP contribution < -0.4 is 5.32 Å². The first kappa shape index (κ1) is 20.8. The van der Waals surface area contributed by atoms with Crippen LogP contribution in [0.3, 0.4) is 0 Å². The fourth-order valence-corrected chi connectivity index (χ4v) is 3.43. The largest absolute Gasteiger partial charge is 0.336 e. The van der Waals surface area contributed by atoms with Crippen molar-refractivity contribution < 1.29 is 14.5 Å². The Bertz CT molecular complexity index is 942. The lowest BCUT2D eigenvalue weighted by Gasteiger charge is -2.34. The number of anilines is 1. The predicted molar refractivity (Wildman–Crippen MR) is 110 cm³/mol. The Kier molecular flexibility index (Phi) is 6.46. The van der Waals surface area contributed by atoms with Crippen molar-refractivity contribution in [2.24, 2.45) is 0 Å². The van der Waals surface area contributed by atoms with Crippen molar-refractivity contribution in [1.82, 2.24) is 9.80 Å². The van der Waals surface area contributed by atoms with Crippen LogP contribution in [0.4, 0.5) is 11.4 Å². The molecule has 29 heavy (non-hydrogen) atoms. The number of non-ortho nitro benzene ring substituents is 1. The molecule has 9 heteroatoms. The van der Waals surface area contributed by atoms with Crippen LogP contribution in [-0.2, 0) is 4.79 Å². The Morgan fingerprint density at radius 1 is 1.14 bits per heavy atom. The third-order valence-corrected chi connectivity index (χ3v) is 5.16. The van der Waals surface area contributed by atoms with Crippen molar-refractivity contribution in [3.05, 3.63) is 68.7 Å². The lowest BCUT2D eigenvalue weighted by Crippen LogP contribution is -2.50. The van der Waals surface area contributed by atoms with Gasteiger partial charge in [-0.3, -0.25) is 24.6 Å². The van der Waals surface area contributed by atoms with Crippen LogP contribution in [0.15, 0.2) is 42.5 Å². The van der Waals surface area contributed by atoms with E-state index in [4.69, 9.17) is 11.6 Å². The van der Waals surface area contributed by atoms with Gasteiger partial charge < -0.3 is 10.2 Å². The molecule has 1 aliphatic rings. The van der Waals surface area contributed by atoms with Crippen LogP contribution in [0.2, 0.25) is 5.02 Å². The minimum Gasteiger partial charge on any atom is -0.336 e. The normalized spacial score (nSPS) is 14.5. The van der Waals surface area contributed by atoms with E-state index in [1.165, 1.54) is 18.2 Å². The predicted octanol–water partition coefficient (Wildman–Crippen LogP) is 2.95. The Morgan fingerprint density at radius 3 is 2.45 bits per heavy atom. The monoisotopic (exact) mass is 416 g/mol. The zero-order valence-corrected chi connectivity index (χ0v) is 16.7. The topological polar surface area (TPSA) is 95.8 Å². The molecule has 2 aromatic rings. The highest BCUT2D eigenvalue weighted by Crippen LogP contribution is 2.21. The molecule has 1 fully saturated rings. The number of nitrogens with one attached hydrogen (secondary N) is 1. The van der Waals surface area contributed by atoms with Crippen molar-refractivity contribution >= 4 is 34.8 Å². The SMILES string of the molecule is Cc1cc([N+](=O)[O-])ccc1NC(=O)CN1CCN(C(=O)c2ccccc2Cl)CC1. The number of carbonyl (C=O) groups excluding carboxylic acids is 2. The second kappa shape index (κ2) is 9.02. The molecular formula is C20H21ClN4O4. The Balaban J connectivity index is 1.52. The van der Waals surface area contributed by atoms with Gasteiger partial charge in [-0.15, -0.1) is 0 Å². The molecule has 0 spiro atoms. The van der Waals surface area contributed by atoms with Gasteiger partial charge in [-0.25, -0.2) is 0 Å². The molecule has 1 heterocycles. The van der Waals surface area contributed by atoms with E-state index in [-0.39, 0.29) is 24.0 Å². The summed E-state index contributed by atoms with van der Waals surface area (Å²) in [6.45, 7) is 4.06. The molecule has 0 saturated carbocycles. The first-order valence-corrected chi connectivity index (χ1v) is 9.54. The van der Waals surface area contributed by atoms with Crippen LogP contribution in [0.1, 0.15) is 15.9 Å². The Hall–Kier alpha value is -2.97. The number of aryl methyl sites for hydroxylation is 1. The number of nitro benzene ring substituents is 1. The minimum absolute atomic E-state index is 0.0141. The third kappa shape index (κ3) is 5.10. The quantitative estimate of drug-likeness (QED) is 0.597. The number of piperazine rings is 1. The van der Waals surface area contributed by atoms with Crippen molar-refractivity contribution in [1.29, 1.82) is 0 Å². The highest BCUT2D eigenvalue weighted by Gasteiger charge is 2.24. The van der Waals surface area contributed by atoms with E-state index in [0.29, 0.717) is 48.0 Å². The molecule has 1 saturated heterocycles. The fourth-order valence-electron chi connectivity index (χ4n) is 3.21. The van der Waals surface area contributed by atoms with Crippen LogP contribution >= 0.6 is 11.6 Å². The van der Waals surface area contributed by atoms with E-state index in [1.807, 2.05) is 4.90 Å². The van der Waals surface area contributed by atoms with Crippen LogP contribution in [0.25, 0.3) is 0 Å². The van der Waals surface area contributed by atoms with Gasteiger partial charge in [0.2, 0.25) is 5.91 Å². The molecule has 1 N–H and O–H groups in total. The van der Waals surface area contributed by atoms with Gasteiger partial charge in [0.15, 0.2) is 0 Å². The van der Waals surface area contributed by atoms with Gasteiger partial charge in [0.25, 0.3) is 11.6 Å². The van der Waals surface area contributed by atoms with Gasteiger partial charge in [0, 0.05) is 44.0 Å². The summed E-state index contributed by atoms with van der Waals surface area (Å²) in [5.74, 6) is -0.311. The zero-order valence-electron chi connectivity index (χ0n) is 15.9. The van der Waals surface area contributed by atoms with Crippen molar-refractivity contribution in [2.45, 2.75) is 6.92 Å². The van der Waals surface area contributed by atoms with Crippen molar-refractivity contribution in [2.75, 3.05) is 38.0 Å². The molecule has 3 rings (SSSR count). The van der Waals surface area contributed by atoms with Gasteiger partial charge in [0.1, 0.15) is 0 Å².